The van der Waals surface area contributed by atoms with Crippen molar-refractivity contribution >= 4 is 0 Å². The lowest BCUT2D eigenvalue weighted by molar-refractivity contribution is -0.137. The predicted molar refractivity (Wildman–Crippen MR) is 68.1 cm³/mol. The smallest absolute Gasteiger partial charge is 0.392 e. The van der Waals surface area contributed by atoms with Crippen molar-refractivity contribution in [3.63, 3.8) is 0 Å². The van der Waals surface area contributed by atoms with Gasteiger partial charge in [-0.2, -0.15) is 18.3 Å². The summed E-state index contributed by atoms with van der Waals surface area (Å²) in [7, 11) is 1.77. The zero-order valence-corrected chi connectivity index (χ0v) is 10.9. The molecule has 0 saturated heterocycles. The van der Waals surface area contributed by atoms with Crippen LogP contribution in [0.15, 0.2) is 36.5 Å². The second-order valence-corrected chi connectivity index (χ2v) is 4.74. The number of aliphatic hydroxyl groups is 1. The summed E-state index contributed by atoms with van der Waals surface area (Å²) < 4.78 is 39.4. The van der Waals surface area contributed by atoms with Crippen LogP contribution in [0.4, 0.5) is 13.2 Å². The molecule has 1 heterocycles. The number of hydrogen-bond acceptors (Lipinski definition) is 2. The molecule has 1 aromatic carbocycles. The van der Waals surface area contributed by atoms with Gasteiger partial charge in [-0.15, -0.1) is 0 Å². The average Bonchev–Trinajstić information content (AvgIpc) is 2.73. The van der Waals surface area contributed by atoms with E-state index in [0.717, 1.165) is 12.1 Å². The number of nitrogens with zero attached hydrogens (tertiary/aromatic N) is 2. The lowest BCUT2D eigenvalue weighted by Crippen LogP contribution is -2.15. The van der Waals surface area contributed by atoms with E-state index in [0.29, 0.717) is 17.7 Å². The summed E-state index contributed by atoms with van der Waals surface area (Å²) >= 11 is 0. The summed E-state index contributed by atoms with van der Waals surface area (Å²) in [5.74, 6) is 0. The Morgan fingerprint density at radius 2 is 2.00 bits per heavy atom. The highest BCUT2D eigenvalue weighted by molar-refractivity contribution is 5.26. The summed E-state index contributed by atoms with van der Waals surface area (Å²) in [6.07, 6.45) is -2.88. The highest BCUT2D eigenvalue weighted by atomic mass is 19.4. The molecule has 0 aliphatic carbocycles. The number of aryl methyl sites for hydroxylation is 1. The number of aromatic nitrogens is 2. The molecule has 1 atom stereocenters. The minimum Gasteiger partial charge on any atom is -0.392 e. The van der Waals surface area contributed by atoms with E-state index < -0.39 is 17.8 Å². The maximum atomic E-state index is 12.6. The number of alkyl halides is 3. The largest absolute Gasteiger partial charge is 0.416 e. The first-order valence-electron chi connectivity index (χ1n) is 6.17. The van der Waals surface area contributed by atoms with Crippen LogP contribution in [-0.2, 0) is 26.1 Å². The monoisotopic (exact) mass is 284 g/mol. The average molecular weight is 284 g/mol. The third-order valence-corrected chi connectivity index (χ3v) is 2.94. The Hall–Kier alpha value is -1.82. The molecule has 2 rings (SSSR count). The lowest BCUT2D eigenvalue weighted by Gasteiger charge is -2.12. The van der Waals surface area contributed by atoms with Gasteiger partial charge >= 0.3 is 6.18 Å². The quantitative estimate of drug-likeness (QED) is 0.937. The van der Waals surface area contributed by atoms with Crippen LogP contribution in [0, 0.1) is 0 Å². The van der Waals surface area contributed by atoms with Crippen molar-refractivity contribution in [2.24, 2.45) is 7.05 Å². The van der Waals surface area contributed by atoms with Crippen LogP contribution in [0.25, 0.3) is 0 Å². The first kappa shape index (κ1) is 14.6. The molecule has 0 radical (unpaired) electrons. The normalized spacial score (nSPS) is 13.4. The zero-order valence-electron chi connectivity index (χ0n) is 10.9. The Morgan fingerprint density at radius 1 is 1.25 bits per heavy atom. The van der Waals surface area contributed by atoms with E-state index in [-0.39, 0.29) is 6.42 Å². The number of halogens is 3. The number of benzene rings is 1. The van der Waals surface area contributed by atoms with Gasteiger partial charge in [-0.05, 0) is 24.1 Å². The molecule has 1 N–H and O–H groups in total. The van der Waals surface area contributed by atoms with Gasteiger partial charge in [0.1, 0.15) is 0 Å². The maximum Gasteiger partial charge on any atom is 0.416 e. The van der Waals surface area contributed by atoms with Crippen molar-refractivity contribution in [2.45, 2.75) is 25.1 Å². The highest BCUT2D eigenvalue weighted by Gasteiger charge is 2.30. The molecule has 108 valence electrons. The third kappa shape index (κ3) is 3.84. The molecule has 1 unspecified atom stereocenters. The molecule has 0 aliphatic heterocycles. The molecular formula is C14H15F3N2O. The van der Waals surface area contributed by atoms with Gasteiger partial charge in [0.2, 0.25) is 0 Å². The van der Waals surface area contributed by atoms with Crippen LogP contribution in [0.2, 0.25) is 0 Å². The van der Waals surface area contributed by atoms with Crippen molar-refractivity contribution in [1.82, 2.24) is 9.78 Å². The number of aliphatic hydroxyl groups excluding tert-OH is 1. The molecule has 0 spiro atoms. The number of rotatable bonds is 4. The van der Waals surface area contributed by atoms with Gasteiger partial charge in [-0.1, -0.05) is 18.2 Å². The van der Waals surface area contributed by atoms with Crippen LogP contribution in [0.3, 0.4) is 0 Å². The molecule has 0 amide bonds. The minimum absolute atomic E-state index is 0.167. The van der Waals surface area contributed by atoms with Gasteiger partial charge < -0.3 is 5.11 Å². The van der Waals surface area contributed by atoms with E-state index in [4.69, 9.17) is 0 Å². The first-order chi connectivity index (χ1) is 9.34. The van der Waals surface area contributed by atoms with Crippen LogP contribution >= 0.6 is 0 Å². The zero-order chi connectivity index (χ0) is 14.8. The summed E-state index contributed by atoms with van der Waals surface area (Å²) in [6, 6.07) is 6.80. The van der Waals surface area contributed by atoms with Gasteiger partial charge in [0.25, 0.3) is 0 Å². The van der Waals surface area contributed by atoms with Crippen molar-refractivity contribution in [1.29, 1.82) is 0 Å². The molecule has 20 heavy (non-hydrogen) atoms. The van der Waals surface area contributed by atoms with Crippen molar-refractivity contribution in [3.8, 4) is 0 Å². The number of hydrogen-bond donors (Lipinski definition) is 1. The summed E-state index contributed by atoms with van der Waals surface area (Å²) in [5.41, 5.74) is 0.482. The second kappa shape index (κ2) is 5.66. The SMILES string of the molecule is Cn1ccc(CC(O)Cc2cccc(C(F)(F)F)c2)n1. The lowest BCUT2D eigenvalue weighted by atomic mass is 10.0. The molecule has 2 aromatic rings. The summed E-state index contributed by atoms with van der Waals surface area (Å²) in [4.78, 5) is 0. The first-order valence-corrected chi connectivity index (χ1v) is 6.17. The molecule has 3 nitrogen and oxygen atoms in total. The molecule has 0 fully saturated rings. The highest BCUT2D eigenvalue weighted by Crippen LogP contribution is 2.29. The minimum atomic E-state index is -4.36. The van der Waals surface area contributed by atoms with Gasteiger partial charge in [0.15, 0.2) is 0 Å². The van der Waals surface area contributed by atoms with Crippen molar-refractivity contribution in [2.75, 3.05) is 0 Å². The molecule has 6 heteroatoms. The second-order valence-electron chi connectivity index (χ2n) is 4.74. The molecule has 0 bridgehead atoms. The fraction of sp³-hybridized carbons (Fsp3) is 0.357. The van der Waals surface area contributed by atoms with E-state index >= 15 is 0 Å². The van der Waals surface area contributed by atoms with Crippen LogP contribution in [-0.4, -0.2) is 21.0 Å². The van der Waals surface area contributed by atoms with E-state index in [9.17, 15) is 18.3 Å². The standard InChI is InChI=1S/C14H15F3N2O/c1-19-6-5-12(18-19)9-13(20)8-10-3-2-4-11(7-10)14(15,16)17/h2-7,13,20H,8-9H2,1H3. The fourth-order valence-corrected chi connectivity index (χ4v) is 2.03. The third-order valence-electron chi connectivity index (χ3n) is 2.94. The van der Waals surface area contributed by atoms with Crippen LogP contribution in [0.5, 0.6) is 0 Å². The van der Waals surface area contributed by atoms with Gasteiger partial charge in [-0.3, -0.25) is 4.68 Å². The molecular weight excluding hydrogens is 269 g/mol. The van der Waals surface area contributed by atoms with Crippen molar-refractivity contribution in [3.05, 3.63) is 53.3 Å². The fourth-order valence-electron chi connectivity index (χ4n) is 2.03. The van der Waals surface area contributed by atoms with E-state index in [2.05, 4.69) is 5.10 Å². The Labute approximate surface area is 114 Å². The van der Waals surface area contributed by atoms with Crippen molar-refractivity contribution < 1.29 is 18.3 Å². The summed E-state index contributed by atoms with van der Waals surface area (Å²) in [5, 5.41) is 14.1. The topological polar surface area (TPSA) is 38.0 Å². The van der Waals surface area contributed by atoms with E-state index in [1.54, 1.807) is 30.1 Å². The Bertz CT molecular complexity index is 578. The van der Waals surface area contributed by atoms with Crippen LogP contribution < -0.4 is 0 Å². The Balaban J connectivity index is 2.02. The molecule has 1 aromatic heterocycles. The van der Waals surface area contributed by atoms with Crippen LogP contribution in [0.1, 0.15) is 16.8 Å². The Kier molecular flexibility index (Phi) is 4.13. The molecule has 0 aliphatic rings. The van der Waals surface area contributed by atoms with E-state index in [1.807, 2.05) is 0 Å². The van der Waals surface area contributed by atoms with Gasteiger partial charge in [0.05, 0.1) is 17.4 Å². The maximum absolute atomic E-state index is 12.6. The van der Waals surface area contributed by atoms with Gasteiger partial charge in [-0.25, -0.2) is 0 Å². The Morgan fingerprint density at radius 3 is 2.60 bits per heavy atom. The van der Waals surface area contributed by atoms with Gasteiger partial charge in [0, 0.05) is 19.7 Å². The molecule has 0 saturated carbocycles. The predicted octanol–water partition coefficient (Wildman–Crippen LogP) is 2.59. The van der Waals surface area contributed by atoms with E-state index in [1.165, 1.54) is 6.07 Å². The summed E-state index contributed by atoms with van der Waals surface area (Å²) in [6.45, 7) is 0.